The summed E-state index contributed by atoms with van der Waals surface area (Å²) in [6.45, 7) is 0.418. The van der Waals surface area contributed by atoms with Crippen LogP contribution < -0.4 is 10.6 Å². The van der Waals surface area contributed by atoms with Crippen molar-refractivity contribution in [3.63, 3.8) is 0 Å². The van der Waals surface area contributed by atoms with Crippen molar-refractivity contribution >= 4 is 44.8 Å². The van der Waals surface area contributed by atoms with E-state index in [2.05, 4.69) is 10.6 Å². The van der Waals surface area contributed by atoms with Crippen LogP contribution in [0.1, 0.15) is 31.8 Å². The van der Waals surface area contributed by atoms with Gasteiger partial charge in [0.25, 0.3) is 23.2 Å². The molecule has 10 nitrogen and oxygen atoms in total. The minimum Gasteiger partial charge on any atom is -0.348 e. The van der Waals surface area contributed by atoms with Crippen molar-refractivity contribution in [3.05, 3.63) is 140 Å². The lowest BCUT2D eigenvalue weighted by Crippen LogP contribution is -2.23. The van der Waals surface area contributed by atoms with Gasteiger partial charge < -0.3 is 10.6 Å². The summed E-state index contributed by atoms with van der Waals surface area (Å²) >= 11 is 0. The van der Waals surface area contributed by atoms with Crippen LogP contribution in [0, 0.1) is 20.2 Å². The fraction of sp³-hybridized carbons (Fsp3) is 0.0714. The highest BCUT2D eigenvalue weighted by molar-refractivity contribution is 8.76. The standard InChI is InChI=1S/C28H22N4O6S2/c33-27(29-17-19-7-3-1-4-8-19)23-15-21(11-13-25(23)31(35)36)39-40-22-12-14-26(32(37)38)24(16-22)28(34)30-18-20-9-5-2-6-10-20/h1-16H,17-18H2,(H,29,33)(H,30,34). The van der Waals surface area contributed by atoms with Crippen LogP contribution in [-0.2, 0) is 13.1 Å². The maximum Gasteiger partial charge on any atom is 0.282 e. The molecule has 0 atom stereocenters. The first-order chi connectivity index (χ1) is 19.3. The number of nitro groups is 2. The minimum atomic E-state index is -0.615. The molecule has 4 aromatic rings. The van der Waals surface area contributed by atoms with Crippen molar-refractivity contribution in [2.24, 2.45) is 0 Å². The van der Waals surface area contributed by atoms with Crippen LogP contribution >= 0.6 is 21.6 Å². The minimum absolute atomic E-state index is 0.0868. The molecule has 0 fully saturated rings. The Labute approximate surface area is 236 Å². The van der Waals surface area contributed by atoms with Gasteiger partial charge in [-0.25, -0.2) is 0 Å². The van der Waals surface area contributed by atoms with E-state index < -0.39 is 21.7 Å². The number of amides is 2. The molecule has 202 valence electrons. The van der Waals surface area contributed by atoms with Crippen molar-refractivity contribution in [1.82, 2.24) is 10.6 Å². The van der Waals surface area contributed by atoms with Crippen molar-refractivity contribution in [1.29, 1.82) is 0 Å². The highest BCUT2D eigenvalue weighted by Gasteiger charge is 2.23. The van der Waals surface area contributed by atoms with Gasteiger partial charge >= 0.3 is 0 Å². The fourth-order valence-electron chi connectivity index (χ4n) is 3.66. The summed E-state index contributed by atoms with van der Waals surface area (Å²) in [5.74, 6) is -1.17. The summed E-state index contributed by atoms with van der Waals surface area (Å²) in [4.78, 5) is 48.6. The maximum absolute atomic E-state index is 12.8. The van der Waals surface area contributed by atoms with Crippen LogP contribution in [0.4, 0.5) is 11.4 Å². The largest absolute Gasteiger partial charge is 0.348 e. The molecule has 4 aromatic carbocycles. The molecular formula is C28H22N4O6S2. The zero-order valence-electron chi connectivity index (χ0n) is 20.8. The number of benzene rings is 4. The first-order valence-electron chi connectivity index (χ1n) is 11.9. The molecule has 0 radical (unpaired) electrons. The van der Waals surface area contributed by atoms with E-state index in [0.29, 0.717) is 9.79 Å². The van der Waals surface area contributed by atoms with Crippen LogP contribution in [0.3, 0.4) is 0 Å². The van der Waals surface area contributed by atoms with E-state index >= 15 is 0 Å². The number of carbonyl (C=O) groups is 2. The molecule has 0 aliphatic rings. The first-order valence-corrected chi connectivity index (χ1v) is 14.0. The number of carbonyl (C=O) groups excluding carboxylic acids is 2. The SMILES string of the molecule is O=C(NCc1ccccc1)c1cc(SSc2ccc([N+](=O)[O-])c(C(=O)NCc3ccccc3)c2)ccc1[N+](=O)[O-]. The summed E-state index contributed by atoms with van der Waals surface area (Å²) in [7, 11) is 2.39. The van der Waals surface area contributed by atoms with Gasteiger partial charge in [0.1, 0.15) is 11.1 Å². The molecule has 0 saturated heterocycles. The average Bonchev–Trinajstić information content (AvgIpc) is 2.98. The Morgan fingerprint density at radius 3 is 1.32 bits per heavy atom. The molecule has 0 spiro atoms. The molecule has 0 aliphatic heterocycles. The Balaban J connectivity index is 1.48. The predicted octanol–water partition coefficient (Wildman–Crippen LogP) is 6.16. The van der Waals surface area contributed by atoms with Crippen LogP contribution in [0.5, 0.6) is 0 Å². The van der Waals surface area contributed by atoms with Crippen LogP contribution in [0.15, 0.2) is 107 Å². The van der Waals surface area contributed by atoms with Gasteiger partial charge in [0.05, 0.1) is 9.85 Å². The van der Waals surface area contributed by atoms with Crippen LogP contribution in [0.25, 0.3) is 0 Å². The summed E-state index contributed by atoms with van der Waals surface area (Å²) < 4.78 is 0. The van der Waals surface area contributed by atoms with E-state index in [1.54, 1.807) is 0 Å². The highest BCUT2D eigenvalue weighted by Crippen LogP contribution is 2.40. The number of nitrogens with zero attached hydrogens (tertiary/aromatic N) is 2. The second-order valence-electron chi connectivity index (χ2n) is 8.38. The van der Waals surface area contributed by atoms with Gasteiger partial charge in [-0.2, -0.15) is 0 Å². The Morgan fingerprint density at radius 2 is 0.975 bits per heavy atom. The molecule has 2 N–H and O–H groups in total. The molecule has 0 aliphatic carbocycles. The second-order valence-corrected chi connectivity index (χ2v) is 10.7. The van der Waals surface area contributed by atoms with Crippen molar-refractivity contribution < 1.29 is 19.4 Å². The van der Waals surface area contributed by atoms with E-state index in [-0.39, 0.29) is 35.6 Å². The van der Waals surface area contributed by atoms with Gasteiger partial charge in [-0.3, -0.25) is 29.8 Å². The van der Waals surface area contributed by atoms with Gasteiger partial charge in [0.2, 0.25) is 0 Å². The number of nitro benzene ring substituents is 2. The van der Waals surface area contributed by atoms with Gasteiger partial charge in [-0.15, -0.1) is 0 Å². The third-order valence-electron chi connectivity index (χ3n) is 5.64. The molecule has 0 heterocycles. The average molecular weight is 575 g/mol. The Hall–Kier alpha value is -4.68. The van der Waals surface area contributed by atoms with Gasteiger partial charge in [0, 0.05) is 35.0 Å². The zero-order chi connectivity index (χ0) is 28.5. The molecule has 4 rings (SSSR count). The van der Waals surface area contributed by atoms with Gasteiger partial charge in [0.15, 0.2) is 0 Å². The predicted molar refractivity (Wildman–Crippen MR) is 153 cm³/mol. The van der Waals surface area contributed by atoms with Gasteiger partial charge in [-0.05, 0) is 35.4 Å². The molecule has 40 heavy (non-hydrogen) atoms. The first kappa shape index (κ1) is 28.3. The smallest absolute Gasteiger partial charge is 0.282 e. The fourth-order valence-corrected chi connectivity index (χ4v) is 5.63. The molecular weight excluding hydrogens is 552 g/mol. The Bertz CT molecular complexity index is 1430. The zero-order valence-corrected chi connectivity index (χ0v) is 22.4. The molecule has 0 bridgehead atoms. The third-order valence-corrected chi connectivity index (χ3v) is 8.03. The van der Waals surface area contributed by atoms with Crippen molar-refractivity contribution in [3.8, 4) is 0 Å². The van der Waals surface area contributed by atoms with E-state index in [4.69, 9.17) is 0 Å². The lowest BCUT2D eigenvalue weighted by Gasteiger charge is -2.09. The summed E-state index contributed by atoms with van der Waals surface area (Å²) in [6, 6.07) is 26.7. The monoisotopic (exact) mass is 574 g/mol. The molecule has 12 heteroatoms. The van der Waals surface area contributed by atoms with E-state index in [9.17, 15) is 29.8 Å². The molecule has 0 aromatic heterocycles. The summed E-state index contributed by atoms with van der Waals surface area (Å²) in [5.41, 5.74) is 0.871. The summed E-state index contributed by atoms with van der Waals surface area (Å²) in [5, 5.41) is 28.5. The highest BCUT2D eigenvalue weighted by atomic mass is 33.1. The molecule has 0 unspecified atom stereocenters. The van der Waals surface area contributed by atoms with Gasteiger partial charge in [-0.1, -0.05) is 82.3 Å². The number of nitrogens with one attached hydrogen (secondary N) is 2. The van der Waals surface area contributed by atoms with E-state index in [1.807, 2.05) is 60.7 Å². The van der Waals surface area contributed by atoms with E-state index in [1.165, 1.54) is 58.0 Å². The maximum atomic E-state index is 12.8. The number of rotatable bonds is 11. The normalized spacial score (nSPS) is 10.5. The lowest BCUT2D eigenvalue weighted by molar-refractivity contribution is -0.385. The van der Waals surface area contributed by atoms with Crippen molar-refractivity contribution in [2.45, 2.75) is 22.9 Å². The van der Waals surface area contributed by atoms with Crippen molar-refractivity contribution in [2.75, 3.05) is 0 Å². The van der Waals surface area contributed by atoms with E-state index in [0.717, 1.165) is 11.1 Å². The van der Waals surface area contributed by atoms with Crippen LogP contribution in [0.2, 0.25) is 0 Å². The Morgan fingerprint density at radius 1 is 0.600 bits per heavy atom. The Kier molecular flexibility index (Phi) is 9.49. The second kappa shape index (κ2) is 13.4. The topological polar surface area (TPSA) is 144 Å². The number of hydrogen-bond donors (Lipinski definition) is 2. The molecule has 2 amide bonds. The van der Waals surface area contributed by atoms with Crippen LogP contribution in [-0.4, -0.2) is 21.7 Å². The quantitative estimate of drug-likeness (QED) is 0.123. The third kappa shape index (κ3) is 7.46. The molecule has 0 saturated carbocycles. The number of hydrogen-bond acceptors (Lipinski definition) is 8. The lowest BCUT2D eigenvalue weighted by atomic mass is 10.1. The summed E-state index contributed by atoms with van der Waals surface area (Å²) in [6.07, 6.45) is 0.